The van der Waals surface area contributed by atoms with Gasteiger partial charge >= 0.3 is 0 Å². The first kappa shape index (κ1) is 15.0. The van der Waals surface area contributed by atoms with Gasteiger partial charge in [-0.05, 0) is 58.4 Å². The van der Waals surface area contributed by atoms with Gasteiger partial charge in [-0.2, -0.15) is 5.26 Å². The lowest BCUT2D eigenvalue weighted by Crippen LogP contribution is -2.20. The van der Waals surface area contributed by atoms with Crippen molar-refractivity contribution in [3.8, 4) is 11.8 Å². The highest BCUT2D eigenvalue weighted by molar-refractivity contribution is 9.10. The molecule has 0 saturated heterocycles. The van der Waals surface area contributed by atoms with Crippen LogP contribution in [0.25, 0.3) is 0 Å². The molecule has 0 aliphatic rings. The Morgan fingerprint density at radius 2 is 2.00 bits per heavy atom. The third-order valence-corrected chi connectivity index (χ3v) is 3.17. The van der Waals surface area contributed by atoms with Gasteiger partial charge in [0.25, 0.3) is 5.91 Å². The third-order valence-electron chi connectivity index (χ3n) is 2.56. The molecular formula is C15H10BrFN2O2. The van der Waals surface area contributed by atoms with Crippen LogP contribution in [0.3, 0.4) is 0 Å². The third kappa shape index (κ3) is 4.29. The maximum atomic E-state index is 13.0. The minimum absolute atomic E-state index is 0.196. The first-order valence-corrected chi connectivity index (χ1v) is 6.75. The zero-order valence-electron chi connectivity index (χ0n) is 10.8. The molecular weight excluding hydrogens is 339 g/mol. The van der Waals surface area contributed by atoms with E-state index in [4.69, 9.17) is 10.00 Å². The van der Waals surface area contributed by atoms with Gasteiger partial charge in [-0.1, -0.05) is 0 Å². The van der Waals surface area contributed by atoms with Gasteiger partial charge in [-0.25, -0.2) is 4.39 Å². The first-order chi connectivity index (χ1) is 10.1. The number of nitrogens with zero attached hydrogens (tertiary/aromatic N) is 1. The molecule has 0 heterocycles. The van der Waals surface area contributed by atoms with Crippen molar-refractivity contribution in [1.82, 2.24) is 0 Å². The van der Waals surface area contributed by atoms with E-state index in [1.54, 1.807) is 24.3 Å². The molecule has 0 aromatic heterocycles. The fraction of sp³-hybridized carbons (Fsp3) is 0.0667. The fourth-order valence-corrected chi connectivity index (χ4v) is 1.90. The van der Waals surface area contributed by atoms with Crippen molar-refractivity contribution in [1.29, 1.82) is 5.26 Å². The van der Waals surface area contributed by atoms with Crippen LogP contribution in [0, 0.1) is 17.1 Å². The average Bonchev–Trinajstić information content (AvgIpc) is 2.49. The molecule has 0 spiro atoms. The van der Waals surface area contributed by atoms with Crippen LogP contribution >= 0.6 is 15.9 Å². The van der Waals surface area contributed by atoms with Crippen molar-refractivity contribution >= 4 is 27.5 Å². The summed E-state index contributed by atoms with van der Waals surface area (Å²) in [6.45, 7) is -0.196. The van der Waals surface area contributed by atoms with Crippen molar-refractivity contribution in [3.05, 3.63) is 58.3 Å². The van der Waals surface area contributed by atoms with E-state index < -0.39 is 5.82 Å². The summed E-state index contributed by atoms with van der Waals surface area (Å²) in [6, 6.07) is 12.6. The summed E-state index contributed by atoms with van der Waals surface area (Å²) < 4.78 is 18.6. The zero-order valence-corrected chi connectivity index (χ0v) is 12.4. The minimum atomic E-state index is -0.399. The Hall–Kier alpha value is -2.39. The molecule has 1 N–H and O–H groups in total. The molecule has 0 radical (unpaired) electrons. The Morgan fingerprint density at radius 3 is 2.62 bits per heavy atom. The van der Waals surface area contributed by atoms with Gasteiger partial charge in [0.1, 0.15) is 11.6 Å². The summed E-state index contributed by atoms with van der Waals surface area (Å²) in [5.41, 5.74) is 1.09. The van der Waals surface area contributed by atoms with E-state index in [-0.39, 0.29) is 17.0 Å². The number of benzene rings is 2. The largest absolute Gasteiger partial charge is 0.484 e. The molecule has 4 nitrogen and oxygen atoms in total. The molecule has 0 fully saturated rings. The molecule has 0 aliphatic carbocycles. The molecule has 0 aliphatic heterocycles. The van der Waals surface area contributed by atoms with Crippen molar-refractivity contribution < 1.29 is 13.9 Å². The van der Waals surface area contributed by atoms with Crippen LogP contribution in [0.5, 0.6) is 5.75 Å². The molecule has 2 rings (SSSR count). The number of hydrogen-bond donors (Lipinski definition) is 1. The molecule has 1 amide bonds. The van der Waals surface area contributed by atoms with Crippen molar-refractivity contribution in [2.75, 3.05) is 11.9 Å². The van der Waals surface area contributed by atoms with Crippen molar-refractivity contribution in [3.63, 3.8) is 0 Å². The second-order valence-electron chi connectivity index (χ2n) is 4.10. The number of carbonyl (C=O) groups is 1. The number of anilines is 1. The molecule has 2 aromatic rings. The Kier molecular flexibility index (Phi) is 4.90. The van der Waals surface area contributed by atoms with Gasteiger partial charge in [0.2, 0.25) is 0 Å². The van der Waals surface area contributed by atoms with Crippen LogP contribution in [0.1, 0.15) is 5.56 Å². The summed E-state index contributed by atoms with van der Waals surface area (Å²) >= 11 is 3.04. The minimum Gasteiger partial charge on any atom is -0.484 e. The fourth-order valence-electron chi connectivity index (χ4n) is 1.54. The molecule has 106 valence electrons. The number of hydrogen-bond acceptors (Lipinski definition) is 3. The van der Waals surface area contributed by atoms with Gasteiger partial charge in [0.15, 0.2) is 6.61 Å². The first-order valence-electron chi connectivity index (χ1n) is 5.96. The maximum absolute atomic E-state index is 13.0. The van der Waals surface area contributed by atoms with Crippen molar-refractivity contribution in [2.24, 2.45) is 0 Å². The van der Waals surface area contributed by atoms with E-state index in [0.29, 0.717) is 17.0 Å². The second-order valence-corrected chi connectivity index (χ2v) is 4.96. The lowest BCUT2D eigenvalue weighted by Gasteiger charge is -2.08. The lowest BCUT2D eigenvalue weighted by atomic mass is 10.2. The van der Waals surface area contributed by atoms with Crippen molar-refractivity contribution in [2.45, 2.75) is 0 Å². The smallest absolute Gasteiger partial charge is 0.262 e. The van der Waals surface area contributed by atoms with Crippen LogP contribution in [-0.4, -0.2) is 12.5 Å². The normalized spacial score (nSPS) is 9.76. The van der Waals surface area contributed by atoms with E-state index in [1.165, 1.54) is 18.2 Å². The predicted octanol–water partition coefficient (Wildman–Crippen LogP) is 3.48. The molecule has 0 unspecified atom stereocenters. The van der Waals surface area contributed by atoms with Crippen LogP contribution < -0.4 is 10.1 Å². The molecule has 0 saturated carbocycles. The van der Waals surface area contributed by atoms with Gasteiger partial charge in [0.05, 0.1) is 16.1 Å². The van der Waals surface area contributed by atoms with Gasteiger partial charge in [-0.3, -0.25) is 4.79 Å². The summed E-state index contributed by atoms with van der Waals surface area (Å²) in [7, 11) is 0. The van der Waals surface area contributed by atoms with E-state index in [1.807, 2.05) is 6.07 Å². The number of nitriles is 1. The number of amides is 1. The van der Waals surface area contributed by atoms with E-state index in [9.17, 15) is 9.18 Å². The number of halogens is 2. The Balaban J connectivity index is 1.89. The average molecular weight is 349 g/mol. The van der Waals surface area contributed by atoms with Gasteiger partial charge < -0.3 is 10.1 Å². The van der Waals surface area contributed by atoms with E-state index in [2.05, 4.69) is 21.2 Å². The topological polar surface area (TPSA) is 62.1 Å². The predicted molar refractivity (Wildman–Crippen MR) is 79.4 cm³/mol. The second kappa shape index (κ2) is 6.86. The monoisotopic (exact) mass is 348 g/mol. The summed E-state index contributed by atoms with van der Waals surface area (Å²) in [5, 5.41) is 11.3. The van der Waals surface area contributed by atoms with Crippen LogP contribution in [-0.2, 0) is 4.79 Å². The summed E-state index contributed by atoms with van der Waals surface area (Å²) in [5.74, 6) is -0.359. The Labute approximate surface area is 129 Å². The van der Waals surface area contributed by atoms with Crippen LogP contribution in [0.4, 0.5) is 10.1 Å². The highest BCUT2D eigenvalue weighted by Crippen LogP contribution is 2.21. The summed E-state index contributed by atoms with van der Waals surface area (Å²) in [4.78, 5) is 11.7. The van der Waals surface area contributed by atoms with Gasteiger partial charge in [-0.15, -0.1) is 0 Å². The molecule has 2 aromatic carbocycles. The quantitative estimate of drug-likeness (QED) is 0.919. The number of carbonyl (C=O) groups excluding carboxylic acids is 1. The molecule has 6 heteroatoms. The number of ether oxygens (including phenoxy) is 1. The Bertz CT molecular complexity index is 696. The Morgan fingerprint density at radius 1 is 1.29 bits per heavy atom. The molecule has 0 atom stereocenters. The van der Waals surface area contributed by atoms with Gasteiger partial charge in [0, 0.05) is 5.69 Å². The van der Waals surface area contributed by atoms with Crippen LogP contribution in [0.2, 0.25) is 0 Å². The lowest BCUT2D eigenvalue weighted by molar-refractivity contribution is -0.118. The van der Waals surface area contributed by atoms with E-state index >= 15 is 0 Å². The summed E-state index contributed by atoms with van der Waals surface area (Å²) in [6.07, 6.45) is 0. The number of rotatable bonds is 4. The van der Waals surface area contributed by atoms with Crippen LogP contribution in [0.15, 0.2) is 46.9 Å². The highest BCUT2D eigenvalue weighted by atomic mass is 79.9. The standard InChI is InChI=1S/C15H10BrFN2O2/c16-13-7-12(5-6-14(13)17)21-9-15(20)19-11-3-1-10(8-18)2-4-11/h1-7H,9H2,(H,19,20). The molecule has 0 bridgehead atoms. The zero-order chi connectivity index (χ0) is 15.2. The number of nitrogens with one attached hydrogen (secondary N) is 1. The highest BCUT2D eigenvalue weighted by Gasteiger charge is 2.06. The maximum Gasteiger partial charge on any atom is 0.262 e. The molecule has 21 heavy (non-hydrogen) atoms. The SMILES string of the molecule is N#Cc1ccc(NC(=O)COc2ccc(F)c(Br)c2)cc1. The van der Waals surface area contributed by atoms with E-state index in [0.717, 1.165) is 0 Å².